The number of carbonyl (C=O) groups excluding carboxylic acids is 1. The zero-order valence-electron chi connectivity index (χ0n) is 17.5. The predicted molar refractivity (Wildman–Crippen MR) is 118 cm³/mol. The van der Waals surface area contributed by atoms with Crippen LogP contribution in [0.4, 0.5) is 0 Å². The fraction of sp³-hybridized carbons (Fsp3) is 0.280. The van der Waals surface area contributed by atoms with Crippen LogP contribution in [-0.2, 0) is 17.9 Å². The first kappa shape index (κ1) is 21.4. The van der Waals surface area contributed by atoms with Gasteiger partial charge in [0.2, 0.25) is 0 Å². The van der Waals surface area contributed by atoms with Gasteiger partial charge in [-0.1, -0.05) is 50.2 Å². The van der Waals surface area contributed by atoms with Gasteiger partial charge in [-0.2, -0.15) is 0 Å². The Morgan fingerprint density at radius 1 is 1.00 bits per heavy atom. The van der Waals surface area contributed by atoms with Crippen LogP contribution in [0.15, 0.2) is 73.1 Å². The van der Waals surface area contributed by atoms with E-state index in [1.165, 1.54) is 0 Å². The van der Waals surface area contributed by atoms with Crippen molar-refractivity contribution >= 4 is 5.91 Å². The first-order valence-electron chi connectivity index (χ1n) is 10.2. The maximum atomic E-state index is 12.2. The first-order valence-corrected chi connectivity index (χ1v) is 10.2. The lowest BCUT2D eigenvalue weighted by Gasteiger charge is -2.15. The predicted octanol–water partition coefficient (Wildman–Crippen LogP) is 4.87. The van der Waals surface area contributed by atoms with Gasteiger partial charge in [0.15, 0.2) is 6.61 Å². The molecule has 0 radical (unpaired) electrons. The number of hydrogen-bond donors (Lipinski definition) is 1. The molecule has 30 heavy (non-hydrogen) atoms. The highest BCUT2D eigenvalue weighted by atomic mass is 16.5. The van der Waals surface area contributed by atoms with Gasteiger partial charge in [-0.25, -0.2) is 0 Å². The third kappa shape index (κ3) is 6.34. The molecule has 1 N–H and O–H groups in total. The number of carbonyl (C=O) groups is 1. The Balaban J connectivity index is 1.44. The Morgan fingerprint density at radius 3 is 2.53 bits per heavy atom. The molecule has 2 aromatic carbocycles. The fourth-order valence-corrected chi connectivity index (χ4v) is 2.99. The number of ether oxygens (including phenoxy) is 2. The molecule has 0 bridgehead atoms. The number of nitrogens with one attached hydrogen (secondary N) is 1. The molecule has 5 heteroatoms. The Labute approximate surface area is 178 Å². The lowest BCUT2D eigenvalue weighted by atomic mass is 9.98. The van der Waals surface area contributed by atoms with E-state index in [9.17, 15) is 4.79 Å². The Bertz CT molecular complexity index is 927. The van der Waals surface area contributed by atoms with Crippen molar-refractivity contribution in [1.82, 2.24) is 10.3 Å². The summed E-state index contributed by atoms with van der Waals surface area (Å²) in [6.07, 6.45) is 4.55. The number of rotatable bonds is 10. The van der Waals surface area contributed by atoms with Crippen LogP contribution in [0.25, 0.3) is 0 Å². The normalized spacial score (nSPS) is 11.5. The number of hydrogen-bond acceptors (Lipinski definition) is 4. The number of aromatic nitrogens is 1. The lowest BCUT2D eigenvalue weighted by molar-refractivity contribution is -0.123. The lowest BCUT2D eigenvalue weighted by Crippen LogP contribution is -2.28. The highest BCUT2D eigenvalue weighted by molar-refractivity contribution is 5.77. The number of para-hydroxylation sites is 1. The number of nitrogens with zero attached hydrogens (tertiary/aromatic N) is 1. The van der Waals surface area contributed by atoms with Crippen LogP contribution in [0, 0.1) is 0 Å². The van der Waals surface area contributed by atoms with Gasteiger partial charge in [0.05, 0.1) is 0 Å². The third-order valence-corrected chi connectivity index (χ3v) is 4.96. The minimum absolute atomic E-state index is 0.000245. The van der Waals surface area contributed by atoms with Crippen LogP contribution >= 0.6 is 0 Å². The molecule has 3 aromatic rings. The van der Waals surface area contributed by atoms with Crippen molar-refractivity contribution in [2.24, 2.45) is 0 Å². The van der Waals surface area contributed by atoms with Crippen molar-refractivity contribution in [3.05, 3.63) is 89.7 Å². The van der Waals surface area contributed by atoms with Gasteiger partial charge in [-0.05, 0) is 47.7 Å². The number of amides is 1. The zero-order chi connectivity index (χ0) is 21.2. The van der Waals surface area contributed by atoms with Crippen LogP contribution in [0.5, 0.6) is 11.5 Å². The second kappa shape index (κ2) is 11.0. The second-order valence-corrected chi connectivity index (χ2v) is 7.21. The molecule has 156 valence electrons. The van der Waals surface area contributed by atoms with E-state index in [4.69, 9.17) is 9.47 Å². The van der Waals surface area contributed by atoms with E-state index in [1.54, 1.807) is 12.4 Å². The van der Waals surface area contributed by atoms with E-state index >= 15 is 0 Å². The average molecular weight is 405 g/mol. The Hall–Kier alpha value is -3.34. The minimum atomic E-state index is -0.147. The van der Waals surface area contributed by atoms with E-state index in [2.05, 4.69) is 30.2 Å². The highest BCUT2D eigenvalue weighted by Crippen LogP contribution is 2.28. The van der Waals surface area contributed by atoms with E-state index in [-0.39, 0.29) is 12.5 Å². The van der Waals surface area contributed by atoms with Crippen molar-refractivity contribution in [2.45, 2.75) is 39.3 Å². The summed E-state index contributed by atoms with van der Waals surface area (Å²) in [5.41, 5.74) is 3.15. The summed E-state index contributed by atoms with van der Waals surface area (Å²) in [4.78, 5) is 16.3. The summed E-state index contributed by atoms with van der Waals surface area (Å²) >= 11 is 0. The maximum absolute atomic E-state index is 12.2. The summed E-state index contributed by atoms with van der Waals surface area (Å²) in [6.45, 7) is 5.22. The quantitative estimate of drug-likeness (QED) is 0.524. The molecule has 1 unspecified atom stereocenters. The maximum Gasteiger partial charge on any atom is 0.258 e. The molecule has 1 aromatic heterocycles. The highest BCUT2D eigenvalue weighted by Gasteiger charge is 2.11. The summed E-state index contributed by atoms with van der Waals surface area (Å²) < 4.78 is 11.5. The van der Waals surface area contributed by atoms with Crippen LogP contribution in [-0.4, -0.2) is 17.5 Å². The Morgan fingerprint density at radius 2 is 1.80 bits per heavy atom. The summed E-state index contributed by atoms with van der Waals surface area (Å²) in [5.74, 6) is 1.80. The third-order valence-electron chi connectivity index (χ3n) is 4.96. The van der Waals surface area contributed by atoms with Gasteiger partial charge in [0.25, 0.3) is 5.91 Å². The van der Waals surface area contributed by atoms with Gasteiger partial charge in [-0.3, -0.25) is 9.78 Å². The van der Waals surface area contributed by atoms with E-state index < -0.39 is 0 Å². The molecule has 0 aliphatic rings. The molecule has 0 saturated heterocycles. The number of pyridine rings is 1. The average Bonchev–Trinajstić information content (AvgIpc) is 2.81. The molecule has 0 aliphatic carbocycles. The molecule has 1 amide bonds. The SMILES string of the molecule is CCC(C)c1ccccc1OCC(=O)NCc1ccc(OCc2cccnc2)cc1. The van der Waals surface area contributed by atoms with Gasteiger partial charge in [0.1, 0.15) is 18.1 Å². The topological polar surface area (TPSA) is 60.5 Å². The largest absolute Gasteiger partial charge is 0.489 e. The second-order valence-electron chi connectivity index (χ2n) is 7.21. The van der Waals surface area contributed by atoms with Crippen molar-refractivity contribution in [2.75, 3.05) is 6.61 Å². The van der Waals surface area contributed by atoms with Crippen molar-refractivity contribution < 1.29 is 14.3 Å². The molecule has 3 rings (SSSR count). The summed E-state index contributed by atoms with van der Waals surface area (Å²) in [7, 11) is 0. The zero-order valence-corrected chi connectivity index (χ0v) is 17.5. The molecule has 5 nitrogen and oxygen atoms in total. The van der Waals surface area contributed by atoms with Crippen LogP contribution in [0.1, 0.15) is 42.9 Å². The number of benzene rings is 2. The first-order chi connectivity index (χ1) is 14.7. The van der Waals surface area contributed by atoms with Crippen molar-refractivity contribution in [1.29, 1.82) is 0 Å². The van der Waals surface area contributed by atoms with Crippen molar-refractivity contribution in [3.8, 4) is 11.5 Å². The molecular formula is C25H28N2O3. The molecule has 0 fully saturated rings. The fourth-order valence-electron chi connectivity index (χ4n) is 2.99. The standard InChI is InChI=1S/C25H28N2O3/c1-3-19(2)23-8-4-5-9-24(23)30-18-25(28)27-16-20-10-12-22(13-11-20)29-17-21-7-6-14-26-15-21/h4-15,19H,3,16-18H2,1-2H3,(H,27,28). The van der Waals surface area contributed by atoms with Crippen molar-refractivity contribution in [3.63, 3.8) is 0 Å². The molecule has 0 spiro atoms. The van der Waals surface area contributed by atoms with Gasteiger partial charge < -0.3 is 14.8 Å². The van der Waals surface area contributed by atoms with E-state index in [0.717, 1.165) is 34.6 Å². The molecule has 1 atom stereocenters. The smallest absolute Gasteiger partial charge is 0.258 e. The summed E-state index contributed by atoms with van der Waals surface area (Å²) in [6, 6.07) is 19.4. The van der Waals surface area contributed by atoms with Crippen LogP contribution < -0.4 is 14.8 Å². The molecular weight excluding hydrogens is 376 g/mol. The van der Waals surface area contributed by atoms with Gasteiger partial charge in [0, 0.05) is 24.5 Å². The molecule has 0 saturated carbocycles. The van der Waals surface area contributed by atoms with Crippen LogP contribution in [0.2, 0.25) is 0 Å². The van der Waals surface area contributed by atoms with E-state index in [1.807, 2.05) is 54.6 Å². The monoisotopic (exact) mass is 404 g/mol. The molecule has 0 aliphatic heterocycles. The van der Waals surface area contributed by atoms with Crippen LogP contribution in [0.3, 0.4) is 0 Å². The molecule has 1 heterocycles. The Kier molecular flexibility index (Phi) is 7.84. The van der Waals surface area contributed by atoms with E-state index in [0.29, 0.717) is 19.1 Å². The minimum Gasteiger partial charge on any atom is -0.489 e. The summed E-state index contributed by atoms with van der Waals surface area (Å²) in [5, 5.41) is 2.90. The van der Waals surface area contributed by atoms with Gasteiger partial charge >= 0.3 is 0 Å². The van der Waals surface area contributed by atoms with Gasteiger partial charge in [-0.15, -0.1) is 0 Å².